The highest BCUT2D eigenvalue weighted by Crippen LogP contribution is 2.66. The Labute approximate surface area is 197 Å². The number of hydrogen-bond acceptors (Lipinski definition) is 8. The van der Waals surface area contributed by atoms with Gasteiger partial charge in [0.05, 0.1) is 30.8 Å². The van der Waals surface area contributed by atoms with Crippen LogP contribution in [0.5, 0.6) is 11.5 Å². The lowest BCUT2D eigenvalue weighted by molar-refractivity contribution is 0.0537. The molecule has 2 aromatic rings. The number of nitrogens with zero attached hydrogens (tertiary/aromatic N) is 3. The number of rotatable bonds is 7. The van der Waals surface area contributed by atoms with Gasteiger partial charge >= 0.3 is 0 Å². The fraction of sp³-hybridized carbons (Fsp3) is 0.417. The Kier molecular flexibility index (Phi) is 5.23. The van der Waals surface area contributed by atoms with E-state index in [1.807, 2.05) is 6.08 Å². The maximum absolute atomic E-state index is 10.1. The van der Waals surface area contributed by atoms with Crippen molar-refractivity contribution in [2.24, 2.45) is 10.7 Å². The second-order valence-electron chi connectivity index (χ2n) is 8.70. The van der Waals surface area contributed by atoms with Crippen LogP contribution in [0.4, 0.5) is 0 Å². The first-order chi connectivity index (χ1) is 15.9. The van der Waals surface area contributed by atoms with Crippen LogP contribution in [-0.4, -0.2) is 52.6 Å². The van der Waals surface area contributed by atoms with E-state index in [1.165, 1.54) is 0 Å². The van der Waals surface area contributed by atoms with Crippen molar-refractivity contribution in [2.45, 2.75) is 42.2 Å². The molecule has 33 heavy (non-hydrogen) atoms. The molecule has 2 aromatic heterocycles. The van der Waals surface area contributed by atoms with Gasteiger partial charge in [-0.2, -0.15) is 0 Å². The predicted molar refractivity (Wildman–Crippen MR) is 128 cm³/mol. The minimum Gasteiger partial charge on any atom is -0.495 e. The molecule has 0 bridgehead atoms. The number of nitrogens with two attached hydrogens (primary N) is 1. The number of allylic oxidation sites excluding steroid dienone is 1. The van der Waals surface area contributed by atoms with Crippen molar-refractivity contribution in [3.63, 3.8) is 0 Å². The lowest BCUT2D eigenvalue weighted by Gasteiger charge is -2.41. The number of ether oxygens (including phenoxy) is 2. The van der Waals surface area contributed by atoms with E-state index in [0.29, 0.717) is 45.3 Å². The Morgan fingerprint density at radius 1 is 1.48 bits per heavy atom. The summed E-state index contributed by atoms with van der Waals surface area (Å²) in [5, 5.41) is 10.1. The third-order valence-corrected chi connectivity index (χ3v) is 7.25. The smallest absolute Gasteiger partial charge is 0.168 e. The van der Waals surface area contributed by atoms with Crippen LogP contribution in [0.25, 0.3) is 0 Å². The van der Waals surface area contributed by atoms with Gasteiger partial charge in [-0.3, -0.25) is 9.98 Å². The van der Waals surface area contributed by atoms with Gasteiger partial charge < -0.3 is 25.3 Å². The number of nitrogens with one attached hydrogen (secondary N) is 1. The molecular formula is C24H27N5O3S. The van der Waals surface area contributed by atoms with Gasteiger partial charge in [0, 0.05) is 37.3 Å². The fourth-order valence-corrected chi connectivity index (χ4v) is 5.73. The van der Waals surface area contributed by atoms with Gasteiger partial charge in [-0.15, -0.1) is 0 Å². The van der Waals surface area contributed by atoms with E-state index in [1.54, 1.807) is 38.8 Å². The molecule has 0 radical (unpaired) electrons. The molecule has 1 aliphatic heterocycles. The normalized spacial score (nSPS) is 27.5. The molecule has 3 atom stereocenters. The zero-order chi connectivity index (χ0) is 23.4. The number of hydrogen-bond donors (Lipinski definition) is 3. The Bertz CT molecular complexity index is 1250. The molecule has 0 amide bonds. The minimum absolute atomic E-state index is 0.0798. The van der Waals surface area contributed by atoms with E-state index in [9.17, 15) is 5.11 Å². The van der Waals surface area contributed by atoms with Crippen LogP contribution in [-0.2, 0) is 5.54 Å². The summed E-state index contributed by atoms with van der Waals surface area (Å²) in [7, 11) is 3.27. The summed E-state index contributed by atoms with van der Waals surface area (Å²) in [4.78, 5) is 16.7. The van der Waals surface area contributed by atoms with E-state index >= 15 is 0 Å². The number of aliphatic hydroxyl groups is 1. The molecule has 0 aromatic carbocycles. The van der Waals surface area contributed by atoms with Crippen LogP contribution < -0.4 is 15.2 Å². The van der Waals surface area contributed by atoms with Crippen molar-refractivity contribution >= 4 is 18.4 Å². The highest BCUT2D eigenvalue weighted by atomic mass is 32.1. The van der Waals surface area contributed by atoms with Crippen LogP contribution in [0.15, 0.2) is 41.7 Å². The number of aromatic amines is 1. The molecule has 4 N–H and O–H groups in total. The lowest BCUT2D eigenvalue weighted by atomic mass is 9.69. The largest absolute Gasteiger partial charge is 0.495 e. The summed E-state index contributed by atoms with van der Waals surface area (Å²) in [5.74, 6) is 1.81. The Balaban J connectivity index is 1.85. The number of methoxy groups -OCH3 is 1. The molecule has 5 rings (SSSR count). The van der Waals surface area contributed by atoms with Crippen molar-refractivity contribution < 1.29 is 14.6 Å². The van der Waals surface area contributed by atoms with E-state index in [0.717, 1.165) is 24.2 Å². The Morgan fingerprint density at radius 2 is 2.27 bits per heavy atom. The van der Waals surface area contributed by atoms with Crippen LogP contribution in [0, 0.1) is 4.64 Å². The van der Waals surface area contributed by atoms with Gasteiger partial charge in [0.1, 0.15) is 27.5 Å². The van der Waals surface area contributed by atoms with Crippen molar-refractivity contribution in [3.05, 3.63) is 64.0 Å². The van der Waals surface area contributed by atoms with Gasteiger partial charge in [-0.1, -0.05) is 24.9 Å². The topological polar surface area (TPSA) is 119 Å². The summed E-state index contributed by atoms with van der Waals surface area (Å²) in [6, 6.07) is 0. The molecule has 1 saturated carbocycles. The summed E-state index contributed by atoms with van der Waals surface area (Å²) in [5.41, 5.74) is 7.72. The first kappa shape index (κ1) is 21.9. The molecule has 0 saturated heterocycles. The zero-order valence-corrected chi connectivity index (χ0v) is 19.5. The first-order valence-corrected chi connectivity index (χ1v) is 11.4. The zero-order valence-electron chi connectivity index (χ0n) is 18.7. The van der Waals surface area contributed by atoms with Crippen LogP contribution in [0.2, 0.25) is 0 Å². The molecule has 9 heteroatoms. The summed E-state index contributed by atoms with van der Waals surface area (Å²) < 4.78 is 13.0. The number of aliphatic hydroxyl groups excluding tert-OH is 1. The molecule has 8 nitrogen and oxygen atoms in total. The lowest BCUT2D eigenvalue weighted by Crippen LogP contribution is -2.58. The quantitative estimate of drug-likeness (QED) is 0.327. The monoisotopic (exact) mass is 465 g/mol. The Hall–Kier alpha value is -2.88. The molecule has 0 spiro atoms. The highest BCUT2D eigenvalue weighted by Gasteiger charge is 2.71. The van der Waals surface area contributed by atoms with Gasteiger partial charge in [0.15, 0.2) is 5.60 Å². The van der Waals surface area contributed by atoms with Crippen molar-refractivity contribution in [3.8, 4) is 11.5 Å². The molecule has 2 aliphatic carbocycles. The summed E-state index contributed by atoms with van der Waals surface area (Å²) in [6.07, 6.45) is 11.1. The molecular weight excluding hydrogens is 438 g/mol. The molecule has 3 heterocycles. The van der Waals surface area contributed by atoms with Gasteiger partial charge in [-0.25, -0.2) is 4.98 Å². The number of pyridine rings is 1. The van der Waals surface area contributed by atoms with Gasteiger partial charge in [-0.05, 0) is 30.9 Å². The SMILES string of the molecule is C=C(/C=C\C=N/C)[C@@]12Oc3cncc(OC)c3[C@]1(N)c1nc(C3CC3)[nH]c(=S)c1[C@H]2CCO. The van der Waals surface area contributed by atoms with Crippen LogP contribution in [0.3, 0.4) is 0 Å². The van der Waals surface area contributed by atoms with Gasteiger partial charge in [0.2, 0.25) is 0 Å². The first-order valence-electron chi connectivity index (χ1n) is 11.0. The minimum atomic E-state index is -1.25. The summed E-state index contributed by atoms with van der Waals surface area (Å²) >= 11 is 5.83. The average Bonchev–Trinajstić information content (AvgIpc) is 3.58. The van der Waals surface area contributed by atoms with Crippen molar-refractivity contribution in [2.75, 3.05) is 20.8 Å². The standard InChI is InChI=1S/C24H27N5O3S/c1-13(5-4-9-26-2)24-15(8-10-30)18-20(28-21(14-6-7-14)29-22(18)33)23(24,25)19-16(31-3)11-27-12-17(19)32-24/h4-5,9,11-12,14-15,30H,1,6-8,10,25H2,2-3H3,(H,28,29,33)/b5-4-,26-9-/t15-,23+,24+/m1/s1. The van der Waals surface area contributed by atoms with Crippen LogP contribution >= 0.6 is 12.2 Å². The third-order valence-electron chi connectivity index (χ3n) is 6.93. The predicted octanol–water partition coefficient (Wildman–Crippen LogP) is 3.05. The summed E-state index contributed by atoms with van der Waals surface area (Å²) in [6.45, 7) is 4.29. The number of H-pyrrole nitrogens is 1. The molecule has 172 valence electrons. The number of aliphatic imine (C=N–C) groups is 1. The average molecular weight is 466 g/mol. The van der Waals surface area contributed by atoms with Crippen molar-refractivity contribution in [1.82, 2.24) is 15.0 Å². The third kappa shape index (κ3) is 2.89. The maximum Gasteiger partial charge on any atom is 0.168 e. The van der Waals surface area contributed by atoms with Gasteiger partial charge in [0.25, 0.3) is 0 Å². The fourth-order valence-electron chi connectivity index (χ4n) is 5.39. The second-order valence-corrected chi connectivity index (χ2v) is 9.11. The number of aromatic nitrogens is 3. The second kappa shape index (κ2) is 7.86. The molecule has 1 fully saturated rings. The van der Waals surface area contributed by atoms with Crippen LogP contribution in [0.1, 0.15) is 53.7 Å². The maximum atomic E-state index is 10.1. The van der Waals surface area contributed by atoms with E-state index < -0.39 is 11.1 Å². The number of fused-ring (bicyclic) bond motifs is 5. The van der Waals surface area contributed by atoms with E-state index in [2.05, 4.69) is 21.5 Å². The molecule has 3 aliphatic rings. The van der Waals surface area contributed by atoms with E-state index in [-0.39, 0.29) is 12.5 Å². The van der Waals surface area contributed by atoms with E-state index in [4.69, 9.17) is 32.4 Å². The van der Waals surface area contributed by atoms with Crippen molar-refractivity contribution in [1.29, 1.82) is 0 Å². The molecule has 0 unspecified atom stereocenters. The highest BCUT2D eigenvalue weighted by molar-refractivity contribution is 7.71. The Morgan fingerprint density at radius 3 is 2.94 bits per heavy atom.